The lowest BCUT2D eigenvalue weighted by Gasteiger charge is -2.34. The molecular weight excluding hydrogens is 272 g/mol. The van der Waals surface area contributed by atoms with Crippen LogP contribution in [0.15, 0.2) is 18.2 Å². The van der Waals surface area contributed by atoms with Gasteiger partial charge in [0.15, 0.2) is 0 Å². The van der Waals surface area contributed by atoms with Crippen LogP contribution in [0.2, 0.25) is 0 Å². The summed E-state index contributed by atoms with van der Waals surface area (Å²) in [5, 5.41) is 0. The summed E-state index contributed by atoms with van der Waals surface area (Å²) in [5.41, 5.74) is 6.61. The second-order valence-corrected chi connectivity index (χ2v) is 4.95. The molecule has 1 atom stereocenters. The van der Waals surface area contributed by atoms with E-state index in [0.717, 1.165) is 12.8 Å². The van der Waals surface area contributed by atoms with Gasteiger partial charge in [-0.2, -0.15) is 0 Å². The Kier molecular flexibility index (Phi) is 4.67. The van der Waals surface area contributed by atoms with Crippen LogP contribution in [0.1, 0.15) is 29.6 Å². The molecule has 0 saturated carbocycles. The van der Waals surface area contributed by atoms with Gasteiger partial charge in [0.05, 0.1) is 25.5 Å². The van der Waals surface area contributed by atoms with Gasteiger partial charge in [-0.05, 0) is 31.4 Å². The van der Waals surface area contributed by atoms with Gasteiger partial charge in [0.25, 0.3) is 5.91 Å². The monoisotopic (exact) mass is 292 g/mol. The number of likely N-dealkylation sites (tertiary alicyclic amines) is 1. The number of hydrogen-bond acceptors (Lipinski definition) is 5. The van der Waals surface area contributed by atoms with Gasteiger partial charge in [-0.15, -0.1) is 0 Å². The Hall–Kier alpha value is -2.24. The Morgan fingerprint density at radius 1 is 1.29 bits per heavy atom. The number of nitrogens with zero attached hydrogens (tertiary/aromatic N) is 1. The van der Waals surface area contributed by atoms with E-state index in [-0.39, 0.29) is 11.9 Å². The summed E-state index contributed by atoms with van der Waals surface area (Å²) in [4.78, 5) is 26.1. The molecule has 0 aliphatic carbocycles. The number of nitrogen functional groups attached to an aromatic ring is 1. The van der Waals surface area contributed by atoms with Crippen molar-refractivity contribution < 1.29 is 19.1 Å². The van der Waals surface area contributed by atoms with Gasteiger partial charge in [0, 0.05) is 6.54 Å². The van der Waals surface area contributed by atoms with Gasteiger partial charge in [-0.1, -0.05) is 6.07 Å². The van der Waals surface area contributed by atoms with Crippen LogP contribution in [0.3, 0.4) is 0 Å². The van der Waals surface area contributed by atoms with Crippen LogP contribution in [0.4, 0.5) is 5.69 Å². The standard InChI is InChI=1S/C15H20N2O4/c1-20-12-8-5-6-10(13(12)16)14(18)17-9-4-3-7-11(17)15(19)21-2/h5-6,8,11H,3-4,7,9,16H2,1-2H3. The lowest BCUT2D eigenvalue weighted by atomic mass is 10.00. The third-order valence-electron chi connectivity index (χ3n) is 3.75. The highest BCUT2D eigenvalue weighted by Gasteiger charge is 2.34. The number of rotatable bonds is 3. The molecule has 1 saturated heterocycles. The number of ether oxygens (including phenoxy) is 2. The number of anilines is 1. The number of benzene rings is 1. The van der Waals surface area contributed by atoms with E-state index < -0.39 is 6.04 Å². The van der Waals surface area contributed by atoms with Crippen molar-refractivity contribution >= 4 is 17.6 Å². The maximum absolute atomic E-state index is 12.7. The highest BCUT2D eigenvalue weighted by molar-refractivity contribution is 6.02. The first-order valence-electron chi connectivity index (χ1n) is 6.91. The van der Waals surface area contributed by atoms with E-state index in [1.807, 2.05) is 0 Å². The topological polar surface area (TPSA) is 81.9 Å². The molecule has 1 aliphatic rings. The third-order valence-corrected chi connectivity index (χ3v) is 3.75. The normalized spacial score (nSPS) is 18.2. The molecule has 1 amide bonds. The SMILES string of the molecule is COC(=O)C1CCCCN1C(=O)c1cccc(OC)c1N. The fraction of sp³-hybridized carbons (Fsp3) is 0.467. The van der Waals surface area contributed by atoms with Crippen LogP contribution in [-0.2, 0) is 9.53 Å². The van der Waals surface area contributed by atoms with Crippen molar-refractivity contribution in [3.8, 4) is 5.75 Å². The van der Waals surface area contributed by atoms with Gasteiger partial charge >= 0.3 is 5.97 Å². The van der Waals surface area contributed by atoms with Crippen molar-refractivity contribution in [3.05, 3.63) is 23.8 Å². The first-order chi connectivity index (χ1) is 10.1. The Bertz CT molecular complexity index is 544. The lowest BCUT2D eigenvalue weighted by Crippen LogP contribution is -2.48. The van der Waals surface area contributed by atoms with Gasteiger partial charge in [0.2, 0.25) is 0 Å². The molecule has 0 spiro atoms. The molecule has 1 heterocycles. The summed E-state index contributed by atoms with van der Waals surface area (Å²) in [6.07, 6.45) is 2.38. The van der Waals surface area contributed by atoms with E-state index in [1.54, 1.807) is 23.1 Å². The minimum Gasteiger partial charge on any atom is -0.495 e. The van der Waals surface area contributed by atoms with Gasteiger partial charge < -0.3 is 20.1 Å². The first kappa shape index (κ1) is 15.2. The first-order valence-corrected chi connectivity index (χ1v) is 6.91. The summed E-state index contributed by atoms with van der Waals surface area (Å²) in [6, 6.07) is 4.50. The molecular formula is C15H20N2O4. The quantitative estimate of drug-likeness (QED) is 0.673. The predicted molar refractivity (Wildman–Crippen MR) is 78.1 cm³/mol. The summed E-state index contributed by atoms with van der Waals surface area (Å²) in [5.74, 6) is -0.196. The fourth-order valence-corrected chi connectivity index (χ4v) is 2.62. The van der Waals surface area contributed by atoms with Crippen molar-refractivity contribution in [1.29, 1.82) is 0 Å². The van der Waals surface area contributed by atoms with E-state index in [4.69, 9.17) is 15.2 Å². The highest BCUT2D eigenvalue weighted by atomic mass is 16.5. The van der Waals surface area contributed by atoms with Crippen molar-refractivity contribution in [2.24, 2.45) is 0 Å². The number of carbonyl (C=O) groups excluding carboxylic acids is 2. The van der Waals surface area contributed by atoms with Gasteiger partial charge in [-0.25, -0.2) is 4.79 Å². The van der Waals surface area contributed by atoms with Crippen molar-refractivity contribution in [2.75, 3.05) is 26.5 Å². The number of para-hydroxylation sites is 1. The third kappa shape index (κ3) is 2.94. The summed E-state index contributed by atoms with van der Waals surface area (Å²) >= 11 is 0. The van der Waals surface area contributed by atoms with Crippen LogP contribution in [0, 0.1) is 0 Å². The van der Waals surface area contributed by atoms with Gasteiger partial charge in [-0.3, -0.25) is 4.79 Å². The van der Waals surface area contributed by atoms with Crippen molar-refractivity contribution in [1.82, 2.24) is 4.90 Å². The maximum atomic E-state index is 12.7. The number of hydrogen-bond donors (Lipinski definition) is 1. The summed E-state index contributed by atoms with van der Waals surface area (Å²) in [6.45, 7) is 0.523. The van der Waals surface area contributed by atoms with Crippen molar-refractivity contribution in [2.45, 2.75) is 25.3 Å². The molecule has 1 fully saturated rings. The molecule has 2 N–H and O–H groups in total. The average Bonchev–Trinajstić information content (AvgIpc) is 2.53. The molecule has 1 unspecified atom stereocenters. The van der Waals surface area contributed by atoms with Crippen LogP contribution < -0.4 is 10.5 Å². The lowest BCUT2D eigenvalue weighted by molar-refractivity contribution is -0.147. The van der Waals surface area contributed by atoms with E-state index in [9.17, 15) is 9.59 Å². The van der Waals surface area contributed by atoms with E-state index in [0.29, 0.717) is 30.0 Å². The maximum Gasteiger partial charge on any atom is 0.328 e. The van der Waals surface area contributed by atoms with Crippen LogP contribution in [-0.4, -0.2) is 43.6 Å². The second-order valence-electron chi connectivity index (χ2n) is 4.95. The molecule has 1 aliphatic heterocycles. The van der Waals surface area contributed by atoms with Crippen molar-refractivity contribution in [3.63, 3.8) is 0 Å². The molecule has 114 valence electrons. The zero-order valence-electron chi connectivity index (χ0n) is 12.3. The summed E-state index contributed by atoms with van der Waals surface area (Å²) < 4.78 is 9.92. The molecule has 6 heteroatoms. The Labute approximate surface area is 123 Å². The Morgan fingerprint density at radius 3 is 2.71 bits per heavy atom. The number of nitrogens with two attached hydrogens (primary N) is 1. The van der Waals surface area contributed by atoms with Crippen LogP contribution in [0.25, 0.3) is 0 Å². The van der Waals surface area contributed by atoms with Crippen LogP contribution >= 0.6 is 0 Å². The number of piperidine rings is 1. The molecule has 0 bridgehead atoms. The zero-order chi connectivity index (χ0) is 15.4. The second kappa shape index (κ2) is 6.47. The molecule has 0 radical (unpaired) electrons. The molecule has 21 heavy (non-hydrogen) atoms. The molecule has 0 aromatic heterocycles. The van der Waals surface area contributed by atoms with E-state index in [1.165, 1.54) is 14.2 Å². The summed E-state index contributed by atoms with van der Waals surface area (Å²) in [7, 11) is 2.83. The number of amides is 1. The minimum absolute atomic E-state index is 0.262. The Balaban J connectivity index is 2.31. The van der Waals surface area contributed by atoms with Crippen LogP contribution in [0.5, 0.6) is 5.75 Å². The predicted octanol–water partition coefficient (Wildman–Crippen LogP) is 1.45. The Morgan fingerprint density at radius 2 is 2.05 bits per heavy atom. The smallest absolute Gasteiger partial charge is 0.328 e. The highest BCUT2D eigenvalue weighted by Crippen LogP contribution is 2.28. The zero-order valence-corrected chi connectivity index (χ0v) is 12.3. The average molecular weight is 292 g/mol. The van der Waals surface area contributed by atoms with E-state index in [2.05, 4.69) is 0 Å². The van der Waals surface area contributed by atoms with Gasteiger partial charge in [0.1, 0.15) is 11.8 Å². The number of methoxy groups -OCH3 is 2. The molecule has 1 aromatic rings. The minimum atomic E-state index is -0.540. The van der Waals surface area contributed by atoms with E-state index >= 15 is 0 Å². The molecule has 6 nitrogen and oxygen atoms in total. The number of esters is 1. The molecule has 2 rings (SSSR count). The number of carbonyl (C=O) groups is 2. The molecule has 1 aromatic carbocycles. The largest absolute Gasteiger partial charge is 0.495 e. The fourth-order valence-electron chi connectivity index (χ4n) is 2.62.